The molecule has 1 atom stereocenters. The molecule has 0 radical (unpaired) electrons. The first kappa shape index (κ1) is 9.02. The third-order valence-electron chi connectivity index (χ3n) is 2.43. The van der Waals surface area contributed by atoms with Gasteiger partial charge in [-0.15, -0.1) is 0 Å². The van der Waals surface area contributed by atoms with Gasteiger partial charge in [-0.3, -0.25) is 0 Å². The van der Waals surface area contributed by atoms with E-state index in [0.717, 1.165) is 12.0 Å². The summed E-state index contributed by atoms with van der Waals surface area (Å²) in [5.74, 6) is 0.654. The molecule has 1 aromatic carbocycles. The second kappa shape index (κ2) is 3.67. The number of amidine groups is 1. The zero-order valence-electron chi connectivity index (χ0n) is 7.90. The minimum atomic E-state index is 0.190. The lowest BCUT2D eigenvalue weighted by molar-refractivity contribution is 0.613. The number of rotatable bonds is 2. The molecule has 1 aromatic rings. The van der Waals surface area contributed by atoms with Gasteiger partial charge in [0.15, 0.2) is 0 Å². The summed E-state index contributed by atoms with van der Waals surface area (Å²) in [6.07, 6.45) is 0.761. The van der Waals surface area contributed by atoms with Crippen molar-refractivity contribution >= 4 is 5.84 Å². The maximum Gasteiger partial charge on any atom is 0.122 e. The standard InChI is InChI=1S/C10H14N4/c11-6-7-3-1-2-4-8(7)9-5-10(12)14-13-9/h1-4,9,13H,5-6,11H2,(H2,12,14). The quantitative estimate of drug-likeness (QED) is 0.633. The predicted molar refractivity (Wildman–Crippen MR) is 56.4 cm³/mol. The molecule has 14 heavy (non-hydrogen) atoms. The minimum absolute atomic E-state index is 0.190. The van der Waals surface area contributed by atoms with Crippen LogP contribution in [0.15, 0.2) is 29.4 Å². The molecule has 0 aromatic heterocycles. The SMILES string of the molecule is NCc1ccccc1C1CC(N)=NN1. The van der Waals surface area contributed by atoms with E-state index in [4.69, 9.17) is 11.5 Å². The zero-order chi connectivity index (χ0) is 9.97. The molecule has 2 rings (SSSR count). The summed E-state index contributed by atoms with van der Waals surface area (Å²) >= 11 is 0. The lowest BCUT2D eigenvalue weighted by Crippen LogP contribution is -2.15. The second-order valence-electron chi connectivity index (χ2n) is 3.39. The van der Waals surface area contributed by atoms with E-state index in [2.05, 4.69) is 16.6 Å². The van der Waals surface area contributed by atoms with Gasteiger partial charge in [-0.2, -0.15) is 5.10 Å². The summed E-state index contributed by atoms with van der Waals surface area (Å²) < 4.78 is 0. The Bertz CT molecular complexity index is 359. The molecule has 0 saturated heterocycles. The molecule has 4 nitrogen and oxygen atoms in total. The van der Waals surface area contributed by atoms with E-state index in [-0.39, 0.29) is 6.04 Å². The number of nitrogens with zero attached hydrogens (tertiary/aromatic N) is 1. The first-order chi connectivity index (χ1) is 6.81. The normalized spacial score (nSPS) is 20.4. The third-order valence-corrected chi connectivity index (χ3v) is 2.43. The molecule has 74 valence electrons. The smallest absolute Gasteiger partial charge is 0.122 e. The lowest BCUT2D eigenvalue weighted by atomic mass is 9.99. The summed E-state index contributed by atoms with van der Waals surface area (Å²) in [7, 11) is 0. The topological polar surface area (TPSA) is 76.4 Å². The Morgan fingerprint density at radius 2 is 2.21 bits per heavy atom. The van der Waals surface area contributed by atoms with Crippen LogP contribution < -0.4 is 16.9 Å². The van der Waals surface area contributed by atoms with E-state index < -0.39 is 0 Å². The summed E-state index contributed by atoms with van der Waals surface area (Å²) in [5.41, 5.74) is 16.6. The van der Waals surface area contributed by atoms with Crippen molar-refractivity contribution in [2.45, 2.75) is 19.0 Å². The van der Waals surface area contributed by atoms with Gasteiger partial charge in [-0.1, -0.05) is 24.3 Å². The number of hydrogen-bond acceptors (Lipinski definition) is 4. The molecule has 0 spiro atoms. The van der Waals surface area contributed by atoms with Crippen molar-refractivity contribution in [1.82, 2.24) is 5.43 Å². The highest BCUT2D eigenvalue weighted by Gasteiger charge is 2.19. The summed E-state index contributed by atoms with van der Waals surface area (Å²) in [6, 6.07) is 8.28. The highest BCUT2D eigenvalue weighted by Crippen LogP contribution is 2.23. The second-order valence-corrected chi connectivity index (χ2v) is 3.39. The number of nitrogens with two attached hydrogens (primary N) is 2. The number of hydrogen-bond donors (Lipinski definition) is 3. The van der Waals surface area contributed by atoms with Crippen molar-refractivity contribution in [2.24, 2.45) is 16.6 Å². The Kier molecular flexibility index (Phi) is 2.37. The Balaban J connectivity index is 2.24. The van der Waals surface area contributed by atoms with Crippen LogP contribution in [-0.2, 0) is 6.54 Å². The van der Waals surface area contributed by atoms with Crippen molar-refractivity contribution in [3.63, 3.8) is 0 Å². The van der Waals surface area contributed by atoms with Crippen molar-refractivity contribution in [2.75, 3.05) is 0 Å². The van der Waals surface area contributed by atoms with Crippen molar-refractivity contribution in [1.29, 1.82) is 0 Å². The molecule has 0 saturated carbocycles. The van der Waals surface area contributed by atoms with Gasteiger partial charge in [0.25, 0.3) is 0 Å². The largest absolute Gasteiger partial charge is 0.386 e. The van der Waals surface area contributed by atoms with Crippen LogP contribution in [-0.4, -0.2) is 5.84 Å². The molecule has 1 aliphatic rings. The highest BCUT2D eigenvalue weighted by molar-refractivity contribution is 5.82. The maximum atomic E-state index is 5.66. The van der Waals surface area contributed by atoms with Crippen LogP contribution in [0.2, 0.25) is 0 Å². The zero-order valence-corrected chi connectivity index (χ0v) is 7.90. The summed E-state index contributed by atoms with van der Waals surface area (Å²) in [5, 5.41) is 3.97. The number of nitrogens with one attached hydrogen (secondary N) is 1. The average Bonchev–Trinajstić information content (AvgIpc) is 2.65. The van der Waals surface area contributed by atoms with Crippen LogP contribution in [0.3, 0.4) is 0 Å². The minimum Gasteiger partial charge on any atom is -0.386 e. The summed E-state index contributed by atoms with van der Waals surface area (Å²) in [4.78, 5) is 0. The Labute approximate surface area is 83.0 Å². The van der Waals surface area contributed by atoms with Crippen molar-refractivity contribution in [3.8, 4) is 0 Å². The molecule has 1 aliphatic heterocycles. The van der Waals surface area contributed by atoms with Crippen LogP contribution in [0.25, 0.3) is 0 Å². The van der Waals surface area contributed by atoms with Gasteiger partial charge >= 0.3 is 0 Å². The van der Waals surface area contributed by atoms with Crippen molar-refractivity contribution < 1.29 is 0 Å². The molecule has 1 unspecified atom stereocenters. The van der Waals surface area contributed by atoms with E-state index in [1.165, 1.54) is 5.56 Å². The van der Waals surface area contributed by atoms with Gasteiger partial charge in [0.05, 0.1) is 6.04 Å². The number of benzene rings is 1. The van der Waals surface area contributed by atoms with Crippen LogP contribution >= 0.6 is 0 Å². The van der Waals surface area contributed by atoms with E-state index >= 15 is 0 Å². The highest BCUT2D eigenvalue weighted by atomic mass is 15.3. The molecule has 5 N–H and O–H groups in total. The van der Waals surface area contributed by atoms with Gasteiger partial charge in [-0.25, -0.2) is 0 Å². The molecule has 0 fully saturated rings. The maximum absolute atomic E-state index is 5.66. The van der Waals surface area contributed by atoms with Gasteiger partial charge in [0, 0.05) is 13.0 Å². The van der Waals surface area contributed by atoms with E-state index in [1.54, 1.807) is 0 Å². The van der Waals surface area contributed by atoms with Crippen LogP contribution in [0.1, 0.15) is 23.6 Å². The fourth-order valence-electron chi connectivity index (χ4n) is 1.70. The van der Waals surface area contributed by atoms with Crippen LogP contribution in [0.4, 0.5) is 0 Å². The Morgan fingerprint density at radius 1 is 1.43 bits per heavy atom. The van der Waals surface area contributed by atoms with Gasteiger partial charge < -0.3 is 16.9 Å². The monoisotopic (exact) mass is 190 g/mol. The predicted octanol–water partition coefficient (Wildman–Crippen LogP) is 0.452. The molecular formula is C10H14N4. The Morgan fingerprint density at radius 3 is 2.86 bits per heavy atom. The van der Waals surface area contributed by atoms with Crippen molar-refractivity contribution in [3.05, 3.63) is 35.4 Å². The average molecular weight is 190 g/mol. The van der Waals surface area contributed by atoms with E-state index in [1.807, 2.05) is 18.2 Å². The molecule has 0 aliphatic carbocycles. The fourth-order valence-corrected chi connectivity index (χ4v) is 1.70. The van der Waals surface area contributed by atoms with E-state index in [9.17, 15) is 0 Å². The van der Waals surface area contributed by atoms with Gasteiger partial charge in [0.1, 0.15) is 5.84 Å². The van der Waals surface area contributed by atoms with Crippen LogP contribution in [0.5, 0.6) is 0 Å². The van der Waals surface area contributed by atoms with Gasteiger partial charge in [0.2, 0.25) is 0 Å². The first-order valence-corrected chi connectivity index (χ1v) is 4.66. The first-order valence-electron chi connectivity index (χ1n) is 4.66. The molecule has 4 heteroatoms. The van der Waals surface area contributed by atoms with Gasteiger partial charge in [-0.05, 0) is 11.1 Å². The summed E-state index contributed by atoms with van der Waals surface area (Å²) in [6.45, 7) is 0.550. The molecule has 0 amide bonds. The molecule has 0 bridgehead atoms. The fraction of sp³-hybridized carbons (Fsp3) is 0.300. The molecular weight excluding hydrogens is 176 g/mol. The molecule has 1 heterocycles. The number of hydrazone groups is 1. The third kappa shape index (κ3) is 1.56. The van der Waals surface area contributed by atoms with Crippen LogP contribution in [0, 0.1) is 0 Å². The Hall–Kier alpha value is -1.55. The van der Waals surface area contributed by atoms with E-state index in [0.29, 0.717) is 12.4 Å². The lowest BCUT2D eigenvalue weighted by Gasteiger charge is -2.13.